The number of nitrogens with zero attached hydrogens (tertiary/aromatic N) is 1. The van der Waals surface area contributed by atoms with E-state index in [1.807, 2.05) is 0 Å². The van der Waals surface area contributed by atoms with Gasteiger partial charge in [-0.15, -0.1) is 0 Å². The molecule has 0 N–H and O–H groups in total. The predicted molar refractivity (Wildman–Crippen MR) is 116 cm³/mol. The van der Waals surface area contributed by atoms with Gasteiger partial charge in [0, 0.05) is 18.1 Å². The van der Waals surface area contributed by atoms with E-state index >= 15 is 0 Å². The molecule has 0 aliphatic heterocycles. The van der Waals surface area contributed by atoms with Gasteiger partial charge in [0.15, 0.2) is 12.4 Å². The van der Waals surface area contributed by atoms with Crippen LogP contribution in [0.25, 0.3) is 0 Å². The van der Waals surface area contributed by atoms with Gasteiger partial charge < -0.3 is 24.0 Å². The van der Waals surface area contributed by atoms with Crippen molar-refractivity contribution in [2.24, 2.45) is 0 Å². The molecule has 0 spiro atoms. The zero-order valence-electron chi connectivity index (χ0n) is 18.6. The standard InChI is InChI=1S/C25H46N.HI/c1-4-5-6-7-8-9-10-11-12-13-14-15-16-17-18-19-21-26-22-20-24(2)25(3)23-26;/h20,22-23H,4-19,21H2,1-3H3;1H/q+1;/p-1. The molecule has 0 fully saturated rings. The van der Waals surface area contributed by atoms with Gasteiger partial charge in [-0.2, -0.15) is 0 Å². The van der Waals surface area contributed by atoms with Crippen LogP contribution in [0.2, 0.25) is 0 Å². The van der Waals surface area contributed by atoms with Crippen LogP contribution in [-0.2, 0) is 6.54 Å². The molecular formula is C25H46IN. The second-order valence-electron chi connectivity index (χ2n) is 8.35. The Balaban J connectivity index is 0.00000676. The molecule has 1 heterocycles. The van der Waals surface area contributed by atoms with Crippen LogP contribution in [0.5, 0.6) is 0 Å². The third kappa shape index (κ3) is 15.5. The van der Waals surface area contributed by atoms with Gasteiger partial charge in [0.2, 0.25) is 0 Å². The fourth-order valence-electron chi connectivity index (χ4n) is 3.71. The summed E-state index contributed by atoms with van der Waals surface area (Å²) in [6.07, 6.45) is 27.6. The largest absolute Gasteiger partial charge is 1.00 e. The van der Waals surface area contributed by atoms with Gasteiger partial charge >= 0.3 is 0 Å². The second-order valence-corrected chi connectivity index (χ2v) is 8.35. The number of unbranched alkanes of at least 4 members (excludes halogenated alkanes) is 15. The number of hydrogen-bond donors (Lipinski definition) is 0. The molecule has 1 aromatic rings. The highest BCUT2D eigenvalue weighted by Crippen LogP contribution is 2.13. The lowest BCUT2D eigenvalue weighted by atomic mass is 10.0. The van der Waals surface area contributed by atoms with E-state index in [1.165, 1.54) is 120 Å². The van der Waals surface area contributed by atoms with E-state index < -0.39 is 0 Å². The average Bonchev–Trinajstić information content (AvgIpc) is 2.64. The first kappa shape index (κ1) is 26.9. The zero-order chi connectivity index (χ0) is 18.9. The minimum atomic E-state index is 0. The molecule has 0 unspecified atom stereocenters. The highest BCUT2D eigenvalue weighted by Gasteiger charge is 2.02. The molecule has 0 aromatic carbocycles. The predicted octanol–water partition coefficient (Wildman–Crippen LogP) is 4.86. The van der Waals surface area contributed by atoms with Crippen molar-refractivity contribution in [1.29, 1.82) is 0 Å². The molecule has 1 rings (SSSR count). The van der Waals surface area contributed by atoms with E-state index in [0.717, 1.165) is 0 Å². The van der Waals surface area contributed by atoms with Crippen molar-refractivity contribution in [1.82, 2.24) is 0 Å². The number of halogens is 1. The third-order valence-corrected chi connectivity index (χ3v) is 5.77. The number of pyridine rings is 1. The number of aryl methyl sites for hydroxylation is 3. The summed E-state index contributed by atoms with van der Waals surface area (Å²) in [7, 11) is 0. The fraction of sp³-hybridized carbons (Fsp3) is 0.800. The number of hydrogen-bond acceptors (Lipinski definition) is 0. The van der Waals surface area contributed by atoms with Crippen molar-refractivity contribution in [3.05, 3.63) is 29.6 Å². The summed E-state index contributed by atoms with van der Waals surface area (Å²) in [6, 6.07) is 2.24. The lowest BCUT2D eigenvalue weighted by Crippen LogP contribution is -3.00. The van der Waals surface area contributed by atoms with Gasteiger partial charge in [-0.3, -0.25) is 0 Å². The summed E-state index contributed by atoms with van der Waals surface area (Å²) in [5, 5.41) is 0. The molecule has 0 aliphatic rings. The maximum absolute atomic E-state index is 2.35. The molecule has 1 aromatic heterocycles. The van der Waals surface area contributed by atoms with Crippen LogP contribution in [0.3, 0.4) is 0 Å². The van der Waals surface area contributed by atoms with Crippen LogP contribution < -0.4 is 28.5 Å². The van der Waals surface area contributed by atoms with E-state index in [2.05, 4.69) is 43.8 Å². The Morgan fingerprint density at radius 2 is 1.00 bits per heavy atom. The van der Waals surface area contributed by atoms with Crippen LogP contribution in [0.4, 0.5) is 0 Å². The summed E-state index contributed by atoms with van der Waals surface area (Å²) in [4.78, 5) is 0. The second kappa shape index (κ2) is 19.2. The number of rotatable bonds is 17. The van der Waals surface area contributed by atoms with Crippen LogP contribution in [-0.4, -0.2) is 0 Å². The zero-order valence-corrected chi connectivity index (χ0v) is 20.7. The highest BCUT2D eigenvalue weighted by molar-refractivity contribution is 5.16. The minimum Gasteiger partial charge on any atom is -1.00 e. The van der Waals surface area contributed by atoms with Crippen LogP contribution in [0.1, 0.15) is 121 Å². The highest BCUT2D eigenvalue weighted by atomic mass is 127. The first-order valence-corrected chi connectivity index (χ1v) is 11.7. The summed E-state index contributed by atoms with van der Waals surface area (Å²) in [6.45, 7) is 7.87. The van der Waals surface area contributed by atoms with E-state index in [-0.39, 0.29) is 24.0 Å². The average molecular weight is 488 g/mol. The number of aromatic nitrogens is 1. The van der Waals surface area contributed by atoms with Crippen molar-refractivity contribution in [2.45, 2.75) is 130 Å². The van der Waals surface area contributed by atoms with Crippen molar-refractivity contribution < 1.29 is 28.5 Å². The molecule has 0 radical (unpaired) electrons. The first-order chi connectivity index (χ1) is 12.7. The Kier molecular flexibility index (Phi) is 19.1. The molecule has 1 nitrogen and oxygen atoms in total. The van der Waals surface area contributed by atoms with Gasteiger partial charge in [-0.25, -0.2) is 4.57 Å². The molecule has 0 saturated carbocycles. The topological polar surface area (TPSA) is 3.88 Å². The van der Waals surface area contributed by atoms with Crippen LogP contribution in [0, 0.1) is 13.8 Å². The maximum atomic E-state index is 2.35. The Morgan fingerprint density at radius 3 is 1.41 bits per heavy atom. The molecule has 0 bridgehead atoms. The SMILES string of the molecule is CCCCCCCCCCCCCCCCCC[n+]1ccc(C)c(C)c1.[I-]. The molecule has 0 saturated heterocycles. The smallest absolute Gasteiger partial charge is 0.171 e. The van der Waals surface area contributed by atoms with E-state index in [4.69, 9.17) is 0 Å². The molecule has 2 heteroatoms. The Bertz CT molecular complexity index is 444. The fourth-order valence-corrected chi connectivity index (χ4v) is 3.71. The van der Waals surface area contributed by atoms with Crippen molar-refractivity contribution in [3.63, 3.8) is 0 Å². The van der Waals surface area contributed by atoms with Gasteiger partial charge in [-0.05, 0) is 25.8 Å². The molecule has 0 atom stereocenters. The van der Waals surface area contributed by atoms with E-state index in [0.29, 0.717) is 0 Å². The summed E-state index contributed by atoms with van der Waals surface area (Å²) in [5.74, 6) is 0. The van der Waals surface area contributed by atoms with Crippen molar-refractivity contribution >= 4 is 0 Å². The van der Waals surface area contributed by atoms with Crippen LogP contribution >= 0.6 is 0 Å². The Labute approximate surface area is 187 Å². The first-order valence-electron chi connectivity index (χ1n) is 11.7. The third-order valence-electron chi connectivity index (χ3n) is 5.77. The van der Waals surface area contributed by atoms with Gasteiger partial charge in [0.05, 0.1) is 0 Å². The molecular weight excluding hydrogens is 441 g/mol. The monoisotopic (exact) mass is 487 g/mol. The molecule has 27 heavy (non-hydrogen) atoms. The summed E-state index contributed by atoms with van der Waals surface area (Å²) >= 11 is 0. The molecule has 158 valence electrons. The summed E-state index contributed by atoms with van der Waals surface area (Å²) < 4.78 is 2.35. The van der Waals surface area contributed by atoms with Crippen molar-refractivity contribution in [2.75, 3.05) is 0 Å². The van der Waals surface area contributed by atoms with Gasteiger partial charge in [0.25, 0.3) is 0 Å². The normalized spacial score (nSPS) is 10.8. The quantitative estimate of drug-likeness (QED) is 0.168. The Hall–Kier alpha value is -0.120. The molecule has 0 amide bonds. The van der Waals surface area contributed by atoms with Gasteiger partial charge in [-0.1, -0.05) is 96.8 Å². The van der Waals surface area contributed by atoms with E-state index in [1.54, 1.807) is 0 Å². The van der Waals surface area contributed by atoms with E-state index in [9.17, 15) is 0 Å². The molecule has 0 aliphatic carbocycles. The Morgan fingerprint density at radius 1 is 0.593 bits per heavy atom. The van der Waals surface area contributed by atoms with Crippen LogP contribution in [0.15, 0.2) is 18.5 Å². The van der Waals surface area contributed by atoms with Crippen molar-refractivity contribution in [3.8, 4) is 0 Å². The van der Waals surface area contributed by atoms with Gasteiger partial charge in [0.1, 0.15) is 6.54 Å². The lowest BCUT2D eigenvalue weighted by Gasteiger charge is -2.03. The maximum Gasteiger partial charge on any atom is 0.171 e. The lowest BCUT2D eigenvalue weighted by molar-refractivity contribution is -0.697. The summed E-state index contributed by atoms with van der Waals surface area (Å²) in [5.41, 5.74) is 2.80. The minimum absolute atomic E-state index is 0.